The number of likely N-dealkylation sites (N-methyl/N-ethyl adjacent to an activating group) is 1. The number of likely N-dealkylation sites (tertiary alicyclic amines) is 1. The van der Waals surface area contributed by atoms with Gasteiger partial charge in [-0.15, -0.1) is 0 Å². The number of rotatable bonds is 7. The van der Waals surface area contributed by atoms with E-state index in [1.165, 1.54) is 26.2 Å². The zero-order chi connectivity index (χ0) is 26.1. The third-order valence-corrected chi connectivity index (χ3v) is 7.17. The lowest BCUT2D eigenvalue weighted by atomic mass is 10.1. The summed E-state index contributed by atoms with van der Waals surface area (Å²) < 4.78 is 29.6. The zero-order valence-electron chi connectivity index (χ0n) is 20.6. The van der Waals surface area contributed by atoms with E-state index in [4.69, 9.17) is 27.3 Å². The van der Waals surface area contributed by atoms with Crippen molar-refractivity contribution in [1.82, 2.24) is 15.1 Å². The molecule has 0 radical (unpaired) electrons. The summed E-state index contributed by atoms with van der Waals surface area (Å²) in [6.07, 6.45) is 2.17. The van der Waals surface area contributed by atoms with Crippen LogP contribution in [-0.4, -0.2) is 88.7 Å². The maximum atomic E-state index is 12.6. The molecule has 1 unspecified atom stereocenters. The van der Waals surface area contributed by atoms with E-state index in [2.05, 4.69) is 22.1 Å². The normalized spacial score (nSPS) is 16.4. The number of sulfone groups is 1. The first-order valence-corrected chi connectivity index (χ1v) is 12.6. The molecule has 192 valence electrons. The molecular weight excluding hydrogens is 460 g/mol. The number of methoxy groups -OCH3 is 1. The lowest BCUT2D eigenvalue weighted by molar-refractivity contribution is 0.0938. The number of benzene rings is 1. The maximum absolute atomic E-state index is 12.6. The molecule has 0 aliphatic carbocycles. The number of amides is 1. The van der Waals surface area contributed by atoms with Gasteiger partial charge in [0.15, 0.2) is 15.8 Å². The molecule has 0 spiro atoms. The van der Waals surface area contributed by atoms with Crippen molar-refractivity contribution in [3.63, 3.8) is 0 Å². The average molecular weight is 499 g/mol. The van der Waals surface area contributed by atoms with Gasteiger partial charge < -0.3 is 32.2 Å². The second-order valence-corrected chi connectivity index (χ2v) is 10.1. The number of nitrogens with two attached hydrogens (primary N) is 3. The SMILES string of the molecule is CCN1CCCC1CNC(=O)c1cc(S(=O)(=O)CC)c(N)cc1OC.CN(C)C(N)=NC(=N)N. The van der Waals surface area contributed by atoms with E-state index >= 15 is 0 Å². The summed E-state index contributed by atoms with van der Waals surface area (Å²) in [5.74, 6) is -0.210. The van der Waals surface area contributed by atoms with Gasteiger partial charge in [0.1, 0.15) is 5.75 Å². The highest BCUT2D eigenvalue weighted by Gasteiger charge is 2.25. The number of ether oxygens (including phenoxy) is 1. The number of nitrogens with zero attached hydrogens (tertiary/aromatic N) is 3. The van der Waals surface area contributed by atoms with Crippen LogP contribution < -0.4 is 27.3 Å². The number of hydrogen-bond acceptors (Lipinski definition) is 7. The van der Waals surface area contributed by atoms with Crippen molar-refractivity contribution in [3.05, 3.63) is 17.7 Å². The standard InChI is InChI=1S/C17H27N3O4S.C4H11N5/c1-4-20-8-6-7-12(20)11-19-17(21)13-9-16(25(22,23)5-2)14(18)10-15(13)24-3;1-9(2)4(7)8-3(5)6/h9-10,12H,4-8,11,18H2,1-3H3,(H,19,21);1-2H3,(H5,5,6,7,8). The van der Waals surface area contributed by atoms with Crippen LogP contribution >= 0.6 is 0 Å². The molecule has 1 saturated heterocycles. The third kappa shape index (κ3) is 8.06. The quantitative estimate of drug-likeness (QED) is 0.196. The summed E-state index contributed by atoms with van der Waals surface area (Å²) in [7, 11) is 1.35. The van der Waals surface area contributed by atoms with Crippen molar-refractivity contribution in [3.8, 4) is 5.75 Å². The van der Waals surface area contributed by atoms with E-state index in [1.54, 1.807) is 19.0 Å². The Morgan fingerprint density at radius 2 is 1.97 bits per heavy atom. The topological polar surface area (TPSA) is 193 Å². The van der Waals surface area contributed by atoms with Crippen molar-refractivity contribution in [2.75, 3.05) is 52.3 Å². The van der Waals surface area contributed by atoms with E-state index in [0.29, 0.717) is 12.6 Å². The Morgan fingerprint density at radius 1 is 1.32 bits per heavy atom. The fourth-order valence-electron chi connectivity index (χ4n) is 3.42. The number of carbonyl (C=O) groups excluding carboxylic acids is 1. The molecule has 0 bridgehead atoms. The van der Waals surface area contributed by atoms with Crippen LogP contribution in [0.25, 0.3) is 0 Å². The minimum Gasteiger partial charge on any atom is -0.496 e. The highest BCUT2D eigenvalue weighted by Crippen LogP contribution is 2.29. The molecule has 34 heavy (non-hydrogen) atoms. The number of guanidine groups is 2. The van der Waals surface area contributed by atoms with Gasteiger partial charge >= 0.3 is 0 Å². The van der Waals surface area contributed by atoms with E-state index in [9.17, 15) is 13.2 Å². The van der Waals surface area contributed by atoms with Crippen LogP contribution in [0.4, 0.5) is 5.69 Å². The summed E-state index contributed by atoms with van der Waals surface area (Å²) in [4.78, 5) is 19.9. The van der Waals surface area contributed by atoms with Crippen molar-refractivity contribution < 1.29 is 17.9 Å². The lowest BCUT2D eigenvalue weighted by Crippen LogP contribution is -2.40. The zero-order valence-corrected chi connectivity index (χ0v) is 21.4. The summed E-state index contributed by atoms with van der Waals surface area (Å²) in [6, 6.07) is 3.02. The molecule has 0 saturated carbocycles. The number of nitrogen functional groups attached to an aromatic ring is 1. The van der Waals surface area contributed by atoms with Gasteiger partial charge in [0.2, 0.25) is 5.96 Å². The molecule has 1 heterocycles. The molecule has 1 aliphatic rings. The molecule has 1 aliphatic heterocycles. The average Bonchev–Trinajstić information content (AvgIpc) is 3.24. The summed E-state index contributed by atoms with van der Waals surface area (Å²) in [5.41, 5.74) is 16.3. The smallest absolute Gasteiger partial charge is 0.255 e. The first kappa shape index (κ1) is 29.0. The molecule has 1 fully saturated rings. The van der Waals surface area contributed by atoms with Crippen molar-refractivity contribution in [2.24, 2.45) is 16.5 Å². The van der Waals surface area contributed by atoms with Crippen LogP contribution in [0, 0.1) is 5.41 Å². The van der Waals surface area contributed by atoms with Crippen LogP contribution in [0.15, 0.2) is 22.0 Å². The minimum atomic E-state index is -3.52. The van der Waals surface area contributed by atoms with Gasteiger partial charge in [0, 0.05) is 32.7 Å². The van der Waals surface area contributed by atoms with Gasteiger partial charge in [-0.25, -0.2) is 8.42 Å². The van der Waals surface area contributed by atoms with Crippen LogP contribution in [0.1, 0.15) is 37.0 Å². The monoisotopic (exact) mass is 498 g/mol. The fourth-order valence-corrected chi connectivity index (χ4v) is 4.45. The van der Waals surface area contributed by atoms with Crippen molar-refractivity contribution in [1.29, 1.82) is 5.41 Å². The Hall–Kier alpha value is -3.06. The molecule has 0 aromatic heterocycles. The largest absolute Gasteiger partial charge is 0.496 e. The van der Waals surface area contributed by atoms with Crippen LogP contribution in [-0.2, 0) is 9.84 Å². The number of anilines is 1. The molecule has 2 rings (SSSR count). The predicted octanol–water partition coefficient (Wildman–Crippen LogP) is 0.0413. The predicted molar refractivity (Wildman–Crippen MR) is 135 cm³/mol. The minimum absolute atomic E-state index is 0.0306. The van der Waals surface area contributed by atoms with E-state index in [-0.39, 0.29) is 45.5 Å². The summed E-state index contributed by atoms with van der Waals surface area (Å²) in [5, 5.41) is 9.60. The third-order valence-electron chi connectivity index (χ3n) is 5.39. The van der Waals surface area contributed by atoms with Crippen molar-refractivity contribution in [2.45, 2.75) is 37.6 Å². The van der Waals surface area contributed by atoms with Gasteiger partial charge in [-0.2, -0.15) is 4.99 Å². The second kappa shape index (κ2) is 13.0. The van der Waals surface area contributed by atoms with Gasteiger partial charge in [0.05, 0.1) is 29.0 Å². The second-order valence-electron chi connectivity index (χ2n) is 7.88. The first-order chi connectivity index (χ1) is 15.9. The Labute approximate surface area is 201 Å². The van der Waals surface area contributed by atoms with Crippen molar-refractivity contribution >= 4 is 33.4 Å². The van der Waals surface area contributed by atoms with Crippen LogP contribution in [0.5, 0.6) is 5.75 Å². The van der Waals surface area contributed by atoms with Crippen LogP contribution in [0.2, 0.25) is 0 Å². The lowest BCUT2D eigenvalue weighted by Gasteiger charge is -2.23. The molecular formula is C21H38N8O4S. The molecule has 1 aromatic carbocycles. The number of nitrogens with one attached hydrogen (secondary N) is 2. The molecule has 8 N–H and O–H groups in total. The number of hydrogen-bond donors (Lipinski definition) is 5. The molecule has 1 amide bonds. The number of carbonyl (C=O) groups is 1. The molecule has 12 nitrogen and oxygen atoms in total. The molecule has 1 atom stereocenters. The van der Waals surface area contributed by atoms with Gasteiger partial charge in [-0.3, -0.25) is 15.1 Å². The fraction of sp³-hybridized carbons (Fsp3) is 0.571. The highest BCUT2D eigenvalue weighted by atomic mass is 32.2. The molecule has 13 heteroatoms. The molecule has 1 aromatic rings. The maximum Gasteiger partial charge on any atom is 0.255 e. The summed E-state index contributed by atoms with van der Waals surface area (Å²) in [6.45, 7) is 6.16. The van der Waals surface area contributed by atoms with E-state index < -0.39 is 9.84 Å². The number of aliphatic imine (C=N–C) groups is 1. The van der Waals surface area contributed by atoms with Gasteiger partial charge in [0.25, 0.3) is 5.91 Å². The Morgan fingerprint density at radius 3 is 2.44 bits per heavy atom. The Balaban J connectivity index is 0.000000546. The van der Waals surface area contributed by atoms with Gasteiger partial charge in [-0.1, -0.05) is 13.8 Å². The van der Waals surface area contributed by atoms with Crippen LogP contribution in [0.3, 0.4) is 0 Å². The van der Waals surface area contributed by atoms with Gasteiger partial charge in [-0.05, 0) is 32.0 Å². The Kier molecular flexibility index (Phi) is 11.1. The summed E-state index contributed by atoms with van der Waals surface area (Å²) >= 11 is 0. The highest BCUT2D eigenvalue weighted by molar-refractivity contribution is 7.91. The first-order valence-electron chi connectivity index (χ1n) is 11.0. The Bertz CT molecular complexity index is 995. The van der Waals surface area contributed by atoms with E-state index in [0.717, 1.165) is 25.9 Å². The van der Waals surface area contributed by atoms with E-state index in [1.807, 2.05) is 0 Å².